The molecule has 2 fully saturated rings. The molecule has 0 unspecified atom stereocenters. The van der Waals surface area contributed by atoms with E-state index >= 15 is 0 Å². The summed E-state index contributed by atoms with van der Waals surface area (Å²) in [5, 5.41) is 44.0. The number of piperidine rings is 1. The molecule has 2 heterocycles. The molecule has 0 spiro atoms. The Labute approximate surface area is 408 Å². The van der Waals surface area contributed by atoms with Crippen molar-refractivity contribution in [3.8, 4) is 5.75 Å². The molecule has 3 rings (SSSR count). The minimum Gasteiger partial charge on any atom is -0.508 e. The third-order valence-corrected chi connectivity index (χ3v) is 12.9. The third-order valence-electron chi connectivity index (χ3n) is 12.9. The number of phenols is 1. The van der Waals surface area contributed by atoms with Crippen LogP contribution in [0.15, 0.2) is 29.3 Å². The number of carboxylic acid groups (broad SMARTS) is 1. The number of ether oxygens (including phenoxy) is 1. The number of hydrogen-bond donors (Lipinski definition) is 10. The number of aliphatic hydroxyl groups is 1. The fourth-order valence-electron chi connectivity index (χ4n) is 8.23. The number of fused-ring (bicyclic) bond motifs is 2. The second kappa shape index (κ2) is 27.6. The highest BCUT2D eigenvalue weighted by Gasteiger charge is 2.47. The first-order valence-electron chi connectivity index (χ1n) is 24.1. The Hall–Kier alpha value is -6.52. The molecule has 70 heavy (non-hydrogen) atoms. The van der Waals surface area contributed by atoms with Gasteiger partial charge in [0.05, 0.1) is 6.42 Å². The molecule has 11 atom stereocenters. The van der Waals surface area contributed by atoms with Gasteiger partial charge in [-0.1, -0.05) is 72.4 Å². The molecule has 0 aromatic heterocycles. The molecule has 7 amide bonds. The number of phenolic OH excluding ortho intramolecular Hbond substituents is 1. The normalized spacial score (nSPS) is 25.3. The van der Waals surface area contributed by atoms with Gasteiger partial charge in [0.25, 0.3) is 0 Å². The van der Waals surface area contributed by atoms with E-state index in [-0.39, 0.29) is 56.8 Å². The summed E-state index contributed by atoms with van der Waals surface area (Å²) in [6.45, 7) is 10.0. The lowest BCUT2D eigenvalue weighted by Crippen LogP contribution is -2.66. The van der Waals surface area contributed by atoms with Crippen LogP contribution in [0.1, 0.15) is 118 Å². The number of benzene rings is 1. The minimum absolute atomic E-state index is 0.00398. The van der Waals surface area contributed by atoms with Crippen LogP contribution in [0.2, 0.25) is 0 Å². The zero-order chi connectivity index (χ0) is 52.4. The molecule has 390 valence electrons. The lowest BCUT2D eigenvalue weighted by Gasteiger charge is -2.44. The first kappa shape index (κ1) is 57.8. The average molecular weight is 987 g/mol. The molecule has 0 saturated carbocycles. The Bertz CT molecular complexity index is 2030. The van der Waals surface area contributed by atoms with Crippen LogP contribution in [0.3, 0.4) is 0 Å². The van der Waals surface area contributed by atoms with Crippen molar-refractivity contribution in [2.45, 2.75) is 173 Å². The van der Waals surface area contributed by atoms with Crippen molar-refractivity contribution in [3.05, 3.63) is 29.8 Å². The highest BCUT2D eigenvalue weighted by Crippen LogP contribution is 2.28. The monoisotopic (exact) mass is 987 g/mol. The number of esters is 1. The van der Waals surface area contributed by atoms with Crippen molar-refractivity contribution in [3.63, 3.8) is 0 Å². The van der Waals surface area contributed by atoms with Crippen LogP contribution >= 0.6 is 0 Å². The summed E-state index contributed by atoms with van der Waals surface area (Å²) in [5.41, 5.74) is 11.5. The fraction of sp³-hybridized carbons (Fsp3) is 0.660. The van der Waals surface area contributed by atoms with Crippen LogP contribution in [0.5, 0.6) is 5.75 Å². The standard InChI is InChI=1S/C47H74N10O13/c1-8-11-12-15-34(59)51-32(24-36(61)62)41(64)55-38-27(6)70-46(69)37(25(4)9-2)54-42(65)33(23-28-16-18-29(58)19-17-28)56(7)45(68)39(26(5)10-3)57-35(60)21-20-31(44(57)67)53-40(63)30(52-43(38)66)14-13-22-50-47(48)49/h16-19,25-27,30-33,35,37-39,58,60H,8-15,20-24H2,1-7H3,(H,51,59)(H,52,66)(H,53,63)(H,54,65)(H,55,64)(H,61,62)(H4,48,49,50)/t25-,26+,27+,30-,31-,32+,33-,35+,37-,38-,39+/m0/s1. The van der Waals surface area contributed by atoms with Gasteiger partial charge in [-0.3, -0.25) is 43.3 Å². The number of aliphatic hydroxyl groups excluding tert-OH is 1. The van der Waals surface area contributed by atoms with Gasteiger partial charge in [-0.15, -0.1) is 0 Å². The summed E-state index contributed by atoms with van der Waals surface area (Å²) in [5.74, 6) is -10.2. The van der Waals surface area contributed by atoms with Gasteiger partial charge in [0.15, 0.2) is 5.96 Å². The van der Waals surface area contributed by atoms with E-state index in [1.807, 2.05) is 6.92 Å². The molecule has 12 N–H and O–H groups in total. The highest BCUT2D eigenvalue weighted by atomic mass is 16.5. The summed E-state index contributed by atoms with van der Waals surface area (Å²) in [7, 11) is 1.35. The van der Waals surface area contributed by atoms with E-state index in [9.17, 15) is 58.5 Å². The van der Waals surface area contributed by atoms with Crippen LogP contribution in [-0.2, 0) is 54.3 Å². The van der Waals surface area contributed by atoms with Gasteiger partial charge in [-0.05, 0) is 68.6 Å². The largest absolute Gasteiger partial charge is 0.508 e. The number of nitrogens with two attached hydrogens (primary N) is 2. The number of likely N-dealkylation sites (N-methyl/N-ethyl adjacent to an activating group) is 1. The molecule has 2 bridgehead atoms. The van der Waals surface area contributed by atoms with E-state index in [1.165, 1.54) is 26.1 Å². The number of aliphatic imine (C=N–C) groups is 1. The summed E-state index contributed by atoms with van der Waals surface area (Å²) in [4.78, 5) is 132. The van der Waals surface area contributed by atoms with Gasteiger partial charge in [-0.25, -0.2) is 4.79 Å². The number of carboxylic acids is 1. The predicted octanol–water partition coefficient (Wildman–Crippen LogP) is -0.359. The van der Waals surface area contributed by atoms with Gasteiger partial charge in [0.2, 0.25) is 41.4 Å². The van der Waals surface area contributed by atoms with Gasteiger partial charge in [0.1, 0.15) is 60.4 Å². The molecule has 2 aliphatic heterocycles. The zero-order valence-corrected chi connectivity index (χ0v) is 41.3. The molecule has 23 heteroatoms. The summed E-state index contributed by atoms with van der Waals surface area (Å²) < 4.78 is 5.87. The molecule has 1 aromatic rings. The van der Waals surface area contributed by atoms with Crippen LogP contribution in [-0.4, -0.2) is 153 Å². The molecule has 23 nitrogen and oxygen atoms in total. The number of hydrogen-bond acceptors (Lipinski definition) is 13. The summed E-state index contributed by atoms with van der Waals surface area (Å²) in [6, 6.07) is -4.72. The maximum Gasteiger partial charge on any atom is 0.329 e. The van der Waals surface area contributed by atoms with Crippen molar-refractivity contribution in [2.24, 2.45) is 28.3 Å². The van der Waals surface area contributed by atoms with Gasteiger partial charge in [-0.2, -0.15) is 0 Å². The second-order valence-electron chi connectivity index (χ2n) is 18.2. The number of carbonyl (C=O) groups excluding carboxylic acids is 8. The van der Waals surface area contributed by atoms with E-state index in [1.54, 1.807) is 39.8 Å². The van der Waals surface area contributed by atoms with Gasteiger partial charge in [0, 0.05) is 26.4 Å². The van der Waals surface area contributed by atoms with Crippen molar-refractivity contribution in [2.75, 3.05) is 13.6 Å². The number of guanidine groups is 1. The Balaban J connectivity index is 2.27. The van der Waals surface area contributed by atoms with Crippen molar-refractivity contribution >= 4 is 59.2 Å². The molecule has 2 aliphatic rings. The van der Waals surface area contributed by atoms with Crippen LogP contribution < -0.4 is 38.1 Å². The minimum atomic E-state index is -1.88. The smallest absolute Gasteiger partial charge is 0.329 e. The van der Waals surface area contributed by atoms with E-state index in [2.05, 4.69) is 31.6 Å². The van der Waals surface area contributed by atoms with Gasteiger partial charge < -0.3 is 67.9 Å². The maximum atomic E-state index is 14.9. The van der Waals surface area contributed by atoms with Crippen LogP contribution in [0, 0.1) is 11.8 Å². The molecule has 0 aliphatic carbocycles. The SMILES string of the molecule is CCCCCC(=O)N[C@H](CC(=O)O)C(=O)N[C@@H]1C(=O)N[C@@H](CCCN=C(N)N)C(=O)N[C@H]2CC[C@@H](O)N(C2=O)[C@H]([C@H](C)CC)C(=O)N(C)[C@@H](Cc2ccc(O)cc2)C(=O)N[C@@H]([C@@H](C)CC)C(=O)O[C@@H]1C. The highest BCUT2D eigenvalue weighted by molar-refractivity contribution is 5.99. The lowest BCUT2D eigenvalue weighted by molar-refractivity contribution is -0.168. The number of nitrogens with one attached hydrogen (secondary N) is 5. The topological polar surface area (TPSA) is 355 Å². The number of unbranched alkanes of at least 4 members (excludes halogenated alkanes) is 2. The Morgan fingerprint density at radius 2 is 1.54 bits per heavy atom. The summed E-state index contributed by atoms with van der Waals surface area (Å²) in [6.07, 6.45) is -1.87. The third kappa shape index (κ3) is 16.6. The molecule has 0 radical (unpaired) electrons. The Morgan fingerprint density at radius 3 is 2.14 bits per heavy atom. The molecular formula is C47H74N10O13. The first-order valence-corrected chi connectivity index (χ1v) is 24.1. The van der Waals surface area contributed by atoms with Crippen LogP contribution in [0.25, 0.3) is 0 Å². The van der Waals surface area contributed by atoms with E-state index in [0.29, 0.717) is 31.2 Å². The van der Waals surface area contributed by atoms with Gasteiger partial charge >= 0.3 is 11.9 Å². The number of amides is 7. The van der Waals surface area contributed by atoms with Crippen LogP contribution in [0.4, 0.5) is 0 Å². The second-order valence-corrected chi connectivity index (χ2v) is 18.2. The fourth-order valence-corrected chi connectivity index (χ4v) is 8.23. The Kier molecular flexibility index (Phi) is 22.8. The predicted molar refractivity (Wildman–Crippen MR) is 255 cm³/mol. The first-order chi connectivity index (χ1) is 33.0. The Morgan fingerprint density at radius 1 is 0.886 bits per heavy atom. The number of nitrogens with zero attached hydrogens (tertiary/aromatic N) is 3. The number of aliphatic carboxylic acids is 1. The quantitative estimate of drug-likeness (QED) is 0.0366. The molecule has 2 saturated heterocycles. The maximum absolute atomic E-state index is 14.9. The zero-order valence-electron chi connectivity index (χ0n) is 41.3. The number of cyclic esters (lactones) is 1. The van der Waals surface area contributed by atoms with Crippen molar-refractivity contribution in [1.82, 2.24) is 36.4 Å². The van der Waals surface area contributed by atoms with E-state index in [0.717, 1.165) is 16.2 Å². The van der Waals surface area contributed by atoms with Crippen molar-refractivity contribution in [1.29, 1.82) is 0 Å². The lowest BCUT2D eigenvalue weighted by atomic mass is 9.91. The van der Waals surface area contributed by atoms with E-state index in [4.69, 9.17) is 16.2 Å². The van der Waals surface area contributed by atoms with E-state index < -0.39 is 126 Å². The number of aromatic hydroxyl groups is 1. The average Bonchev–Trinajstić information content (AvgIpc) is 3.30. The van der Waals surface area contributed by atoms with Crippen molar-refractivity contribution < 1.29 is 63.2 Å². The molecule has 1 aromatic carbocycles. The summed E-state index contributed by atoms with van der Waals surface area (Å²) >= 11 is 0. The number of carbonyl (C=O) groups is 9. The molecular weight excluding hydrogens is 913 g/mol. The number of rotatable bonds is 19.